The smallest absolute Gasteiger partial charge is 0.391 e. The third-order valence-corrected chi connectivity index (χ3v) is 4.44. The van der Waals surface area contributed by atoms with Crippen LogP contribution in [-0.2, 0) is 5.41 Å². The van der Waals surface area contributed by atoms with E-state index >= 15 is 0 Å². The molecule has 21 heavy (non-hydrogen) atoms. The zero-order chi connectivity index (χ0) is 15.5. The quantitative estimate of drug-likeness (QED) is 0.923. The number of hydrogen-bond acceptors (Lipinski definition) is 2. The number of nitrogens with zero attached hydrogens (tertiary/aromatic N) is 1. The first-order valence-corrected chi connectivity index (χ1v) is 7.30. The van der Waals surface area contributed by atoms with Gasteiger partial charge in [-0.1, -0.05) is 37.3 Å². The number of benzene rings is 1. The van der Waals surface area contributed by atoms with Gasteiger partial charge in [-0.2, -0.15) is 13.2 Å². The largest absolute Gasteiger partial charge is 0.395 e. The van der Waals surface area contributed by atoms with Crippen molar-refractivity contribution in [2.24, 2.45) is 5.92 Å². The summed E-state index contributed by atoms with van der Waals surface area (Å²) in [6, 6.07) is 9.66. The van der Waals surface area contributed by atoms with Crippen LogP contribution in [0.5, 0.6) is 0 Å². The van der Waals surface area contributed by atoms with E-state index in [1.165, 1.54) is 0 Å². The molecule has 5 heteroatoms. The van der Waals surface area contributed by atoms with Gasteiger partial charge in [-0.3, -0.25) is 0 Å². The summed E-state index contributed by atoms with van der Waals surface area (Å²) in [6.45, 7) is 3.39. The first kappa shape index (κ1) is 16.3. The summed E-state index contributed by atoms with van der Waals surface area (Å²) in [4.78, 5) is 2.03. The second-order valence-electron chi connectivity index (χ2n) is 6.18. The molecule has 118 valence electrons. The first-order valence-electron chi connectivity index (χ1n) is 7.30. The molecule has 1 saturated heterocycles. The number of halogens is 3. The van der Waals surface area contributed by atoms with Crippen LogP contribution in [0.1, 0.15) is 25.3 Å². The topological polar surface area (TPSA) is 23.5 Å². The summed E-state index contributed by atoms with van der Waals surface area (Å²) in [5.74, 6) is -1.18. The lowest BCUT2D eigenvalue weighted by Gasteiger charge is -2.39. The van der Waals surface area contributed by atoms with Gasteiger partial charge in [0.1, 0.15) is 0 Å². The second-order valence-corrected chi connectivity index (χ2v) is 6.18. The number of rotatable bonds is 4. The van der Waals surface area contributed by atoms with Crippen LogP contribution in [0.3, 0.4) is 0 Å². The first-order chi connectivity index (χ1) is 9.85. The van der Waals surface area contributed by atoms with Crippen LogP contribution in [0.15, 0.2) is 30.3 Å². The molecule has 0 radical (unpaired) electrons. The highest BCUT2D eigenvalue weighted by Gasteiger charge is 2.41. The van der Waals surface area contributed by atoms with Crippen LogP contribution in [0, 0.1) is 5.92 Å². The molecule has 2 rings (SSSR count). The number of hydrogen-bond donors (Lipinski definition) is 1. The Balaban J connectivity index is 1.98. The fraction of sp³-hybridized carbons (Fsp3) is 0.625. The average Bonchev–Trinajstić information content (AvgIpc) is 2.47. The fourth-order valence-electron chi connectivity index (χ4n) is 2.99. The van der Waals surface area contributed by atoms with Crippen LogP contribution in [0.2, 0.25) is 0 Å². The van der Waals surface area contributed by atoms with Gasteiger partial charge in [0.25, 0.3) is 0 Å². The Morgan fingerprint density at radius 1 is 1.14 bits per heavy atom. The number of aliphatic hydroxyl groups is 1. The molecule has 0 aromatic heterocycles. The van der Waals surface area contributed by atoms with Crippen LogP contribution in [0.25, 0.3) is 0 Å². The van der Waals surface area contributed by atoms with E-state index in [2.05, 4.69) is 0 Å². The zero-order valence-electron chi connectivity index (χ0n) is 12.2. The maximum absolute atomic E-state index is 12.7. The Labute approximate surface area is 123 Å². The van der Waals surface area contributed by atoms with Crippen LogP contribution in [-0.4, -0.2) is 42.4 Å². The summed E-state index contributed by atoms with van der Waals surface area (Å²) < 4.78 is 38.0. The van der Waals surface area contributed by atoms with E-state index in [-0.39, 0.29) is 19.4 Å². The number of alkyl halides is 3. The fourth-order valence-corrected chi connectivity index (χ4v) is 2.99. The normalized spacial score (nSPS) is 21.2. The van der Waals surface area contributed by atoms with Crippen molar-refractivity contribution in [2.45, 2.75) is 31.4 Å². The molecule has 1 N–H and O–H groups in total. The third kappa shape index (κ3) is 3.98. The maximum Gasteiger partial charge on any atom is 0.391 e. The van der Waals surface area contributed by atoms with Gasteiger partial charge in [0.2, 0.25) is 0 Å². The second kappa shape index (κ2) is 6.36. The monoisotopic (exact) mass is 301 g/mol. The van der Waals surface area contributed by atoms with Gasteiger partial charge in [-0.15, -0.1) is 0 Å². The summed E-state index contributed by atoms with van der Waals surface area (Å²) in [7, 11) is 0. The highest BCUT2D eigenvalue weighted by Crippen LogP contribution is 2.35. The lowest BCUT2D eigenvalue weighted by atomic mass is 9.82. The molecule has 0 aliphatic carbocycles. The summed E-state index contributed by atoms with van der Waals surface area (Å²) in [5, 5.41) is 9.74. The SMILES string of the molecule is CC(CO)(CN1CCC(C(F)(F)F)CC1)c1ccccc1. The van der Waals surface area contributed by atoms with Crippen LogP contribution in [0.4, 0.5) is 13.2 Å². The molecule has 0 spiro atoms. The molecule has 0 bridgehead atoms. The molecule has 1 fully saturated rings. The van der Waals surface area contributed by atoms with Gasteiger partial charge in [0, 0.05) is 12.0 Å². The van der Waals surface area contributed by atoms with Crippen molar-refractivity contribution in [3.05, 3.63) is 35.9 Å². The molecule has 1 heterocycles. The van der Waals surface area contributed by atoms with E-state index < -0.39 is 17.5 Å². The van der Waals surface area contributed by atoms with E-state index in [9.17, 15) is 18.3 Å². The number of likely N-dealkylation sites (tertiary alicyclic amines) is 1. The van der Waals surface area contributed by atoms with Crippen molar-refractivity contribution in [2.75, 3.05) is 26.2 Å². The molecule has 1 aliphatic heterocycles. The van der Waals surface area contributed by atoms with Gasteiger partial charge < -0.3 is 10.0 Å². The highest BCUT2D eigenvalue weighted by molar-refractivity contribution is 5.25. The number of piperidine rings is 1. The Morgan fingerprint density at radius 3 is 2.19 bits per heavy atom. The van der Waals surface area contributed by atoms with Gasteiger partial charge in [-0.05, 0) is 31.5 Å². The standard InChI is InChI=1S/C16H22F3NO/c1-15(12-21,13-5-3-2-4-6-13)11-20-9-7-14(8-10-20)16(17,18)19/h2-6,14,21H,7-12H2,1H3. The Hall–Kier alpha value is -1.07. The van der Waals surface area contributed by atoms with Gasteiger partial charge in [0.15, 0.2) is 0 Å². The Kier molecular flexibility index (Phi) is 4.94. The average molecular weight is 301 g/mol. The third-order valence-electron chi connectivity index (χ3n) is 4.44. The van der Waals surface area contributed by atoms with E-state index in [4.69, 9.17) is 0 Å². The van der Waals surface area contributed by atoms with E-state index in [1.807, 2.05) is 42.2 Å². The number of aliphatic hydroxyl groups excluding tert-OH is 1. The molecule has 2 nitrogen and oxygen atoms in total. The molecular weight excluding hydrogens is 279 g/mol. The molecule has 1 unspecified atom stereocenters. The zero-order valence-corrected chi connectivity index (χ0v) is 12.2. The van der Waals surface area contributed by atoms with E-state index in [0.29, 0.717) is 19.6 Å². The molecule has 0 amide bonds. The van der Waals surface area contributed by atoms with Crippen molar-refractivity contribution >= 4 is 0 Å². The van der Waals surface area contributed by atoms with Gasteiger partial charge in [0.05, 0.1) is 12.5 Å². The van der Waals surface area contributed by atoms with Crippen molar-refractivity contribution in [3.63, 3.8) is 0 Å². The van der Waals surface area contributed by atoms with Crippen LogP contribution >= 0.6 is 0 Å². The van der Waals surface area contributed by atoms with Gasteiger partial charge in [-0.25, -0.2) is 0 Å². The minimum Gasteiger partial charge on any atom is -0.395 e. The lowest BCUT2D eigenvalue weighted by molar-refractivity contribution is -0.185. The summed E-state index contributed by atoms with van der Waals surface area (Å²) in [5.41, 5.74) is 0.581. The van der Waals surface area contributed by atoms with Crippen molar-refractivity contribution in [3.8, 4) is 0 Å². The van der Waals surface area contributed by atoms with E-state index in [0.717, 1.165) is 5.56 Å². The minimum atomic E-state index is -4.08. The van der Waals surface area contributed by atoms with Crippen molar-refractivity contribution < 1.29 is 18.3 Å². The molecular formula is C16H22F3NO. The molecule has 0 saturated carbocycles. The maximum atomic E-state index is 12.7. The van der Waals surface area contributed by atoms with Crippen LogP contribution < -0.4 is 0 Å². The van der Waals surface area contributed by atoms with Gasteiger partial charge >= 0.3 is 6.18 Å². The minimum absolute atomic E-state index is 0.0176. The Morgan fingerprint density at radius 2 is 1.71 bits per heavy atom. The highest BCUT2D eigenvalue weighted by atomic mass is 19.4. The molecule has 1 atom stereocenters. The summed E-state index contributed by atoms with van der Waals surface area (Å²) >= 11 is 0. The lowest BCUT2D eigenvalue weighted by Crippen LogP contribution is -2.46. The predicted octanol–water partition coefficient (Wildman–Crippen LogP) is 3.21. The Bertz CT molecular complexity index is 441. The summed E-state index contributed by atoms with van der Waals surface area (Å²) in [6.07, 6.45) is -3.77. The molecule has 1 aliphatic rings. The van der Waals surface area contributed by atoms with Crippen molar-refractivity contribution in [1.29, 1.82) is 0 Å². The van der Waals surface area contributed by atoms with E-state index in [1.54, 1.807) is 0 Å². The molecule has 1 aromatic rings. The molecule has 1 aromatic carbocycles. The van der Waals surface area contributed by atoms with Crippen molar-refractivity contribution in [1.82, 2.24) is 4.90 Å². The predicted molar refractivity (Wildman–Crippen MR) is 76.1 cm³/mol.